The van der Waals surface area contributed by atoms with Gasteiger partial charge in [0.1, 0.15) is 17.4 Å². The third-order valence-electron chi connectivity index (χ3n) is 4.93. The highest BCUT2D eigenvalue weighted by molar-refractivity contribution is 5.90. The van der Waals surface area contributed by atoms with E-state index in [1.165, 1.54) is 11.1 Å². The van der Waals surface area contributed by atoms with Gasteiger partial charge >= 0.3 is 0 Å². The van der Waals surface area contributed by atoms with Crippen molar-refractivity contribution in [1.29, 1.82) is 5.26 Å². The van der Waals surface area contributed by atoms with E-state index in [1.54, 1.807) is 42.9 Å². The average molecular weight is 420 g/mol. The first kappa shape index (κ1) is 21.8. The molecule has 160 valence electrons. The third kappa shape index (κ3) is 4.98. The van der Waals surface area contributed by atoms with Gasteiger partial charge in [-0.3, -0.25) is 9.59 Å². The summed E-state index contributed by atoms with van der Waals surface area (Å²) in [6, 6.07) is 8.95. The Balaban J connectivity index is 1.59. The van der Waals surface area contributed by atoms with Crippen LogP contribution in [-0.4, -0.2) is 52.0 Å². The zero-order chi connectivity index (χ0) is 22.5. The third-order valence-corrected chi connectivity index (χ3v) is 4.93. The second-order valence-corrected chi connectivity index (χ2v) is 7.32. The molecule has 3 rings (SSSR count). The molecule has 0 saturated heterocycles. The number of fused-ring (bicyclic) bond motifs is 1. The molecule has 0 aliphatic heterocycles. The fraction of sp³-hybridized carbons (Fsp3) is 0.318. The van der Waals surface area contributed by atoms with Gasteiger partial charge in [0.2, 0.25) is 5.91 Å². The van der Waals surface area contributed by atoms with Crippen molar-refractivity contribution in [3.63, 3.8) is 0 Å². The summed E-state index contributed by atoms with van der Waals surface area (Å²) in [5, 5.41) is 16.2. The Hall–Kier alpha value is -3.93. The molecule has 0 aliphatic rings. The normalized spacial score (nSPS) is 10.5. The molecular formula is C22H24N6O3. The number of benzene rings is 1. The van der Waals surface area contributed by atoms with Gasteiger partial charge in [-0.1, -0.05) is 0 Å². The van der Waals surface area contributed by atoms with E-state index in [9.17, 15) is 9.59 Å². The number of nitriles is 1. The number of nitrogens with one attached hydrogen (secondary N) is 1. The maximum atomic E-state index is 12.4. The molecule has 0 saturated carbocycles. The standard InChI is InChI=1S/C22H24N6O3/c1-14-19(15(2)28-22(25-14)16(11-23)12-24-28)9-10-20(29)26-17-5-7-18(8-6-17)31-13-21(30)27(3)4/h5-8,12H,9-10,13H2,1-4H3,(H,26,29). The molecule has 0 atom stereocenters. The van der Waals surface area contributed by atoms with Gasteiger partial charge in [0.05, 0.1) is 6.20 Å². The topological polar surface area (TPSA) is 113 Å². The van der Waals surface area contributed by atoms with E-state index in [2.05, 4.69) is 21.5 Å². The number of rotatable bonds is 7. The molecule has 0 spiro atoms. The molecule has 2 aromatic heterocycles. The lowest BCUT2D eigenvalue weighted by atomic mass is 10.1. The highest BCUT2D eigenvalue weighted by Gasteiger charge is 2.15. The monoisotopic (exact) mass is 420 g/mol. The first-order valence-corrected chi connectivity index (χ1v) is 9.77. The van der Waals surface area contributed by atoms with E-state index in [-0.39, 0.29) is 24.8 Å². The smallest absolute Gasteiger partial charge is 0.259 e. The Morgan fingerprint density at radius 1 is 1.23 bits per heavy atom. The minimum atomic E-state index is -0.131. The van der Waals surface area contributed by atoms with E-state index >= 15 is 0 Å². The zero-order valence-corrected chi connectivity index (χ0v) is 18.0. The van der Waals surface area contributed by atoms with E-state index < -0.39 is 0 Å². The van der Waals surface area contributed by atoms with Crippen LogP contribution in [0.5, 0.6) is 5.75 Å². The molecule has 0 unspecified atom stereocenters. The van der Waals surface area contributed by atoms with Gasteiger partial charge in [-0.25, -0.2) is 9.50 Å². The van der Waals surface area contributed by atoms with Gasteiger partial charge in [0.15, 0.2) is 12.3 Å². The largest absolute Gasteiger partial charge is 0.484 e. The molecule has 1 N–H and O–H groups in total. The van der Waals surface area contributed by atoms with Crippen molar-refractivity contribution in [2.24, 2.45) is 0 Å². The van der Waals surface area contributed by atoms with Crippen LogP contribution in [0.25, 0.3) is 5.65 Å². The van der Waals surface area contributed by atoms with Crippen LogP contribution in [0, 0.1) is 25.2 Å². The first-order valence-electron chi connectivity index (χ1n) is 9.77. The number of hydrogen-bond donors (Lipinski definition) is 1. The Morgan fingerprint density at radius 2 is 1.94 bits per heavy atom. The predicted octanol–water partition coefficient (Wildman–Crippen LogP) is 2.26. The molecular weight excluding hydrogens is 396 g/mol. The molecule has 0 radical (unpaired) electrons. The summed E-state index contributed by atoms with van der Waals surface area (Å²) in [6.45, 7) is 3.74. The molecule has 0 fully saturated rings. The second kappa shape index (κ2) is 9.26. The van der Waals surface area contributed by atoms with Crippen molar-refractivity contribution in [1.82, 2.24) is 19.5 Å². The number of anilines is 1. The van der Waals surface area contributed by atoms with Gasteiger partial charge in [-0.05, 0) is 50.1 Å². The number of amides is 2. The number of aromatic nitrogens is 3. The van der Waals surface area contributed by atoms with Gasteiger partial charge in [-0.2, -0.15) is 10.4 Å². The maximum Gasteiger partial charge on any atom is 0.259 e. The van der Waals surface area contributed by atoms with Crippen molar-refractivity contribution in [3.8, 4) is 11.8 Å². The number of carbonyl (C=O) groups excluding carboxylic acids is 2. The number of likely N-dealkylation sites (N-methyl/N-ethyl adjacent to an activating group) is 1. The van der Waals surface area contributed by atoms with Crippen molar-refractivity contribution >= 4 is 23.1 Å². The fourth-order valence-electron chi connectivity index (χ4n) is 3.12. The van der Waals surface area contributed by atoms with E-state index in [0.29, 0.717) is 29.1 Å². The maximum absolute atomic E-state index is 12.4. The summed E-state index contributed by atoms with van der Waals surface area (Å²) < 4.78 is 7.06. The predicted molar refractivity (Wildman–Crippen MR) is 115 cm³/mol. The fourth-order valence-corrected chi connectivity index (χ4v) is 3.12. The van der Waals surface area contributed by atoms with Gasteiger partial charge < -0.3 is 15.0 Å². The molecule has 0 bridgehead atoms. The lowest BCUT2D eigenvalue weighted by Crippen LogP contribution is -2.27. The second-order valence-electron chi connectivity index (χ2n) is 7.32. The van der Waals surface area contributed by atoms with Gasteiger partial charge in [-0.15, -0.1) is 0 Å². The quantitative estimate of drug-likeness (QED) is 0.627. The molecule has 2 heterocycles. The molecule has 31 heavy (non-hydrogen) atoms. The summed E-state index contributed by atoms with van der Waals surface area (Å²) in [6.07, 6.45) is 2.27. The van der Waals surface area contributed by atoms with Gasteiger partial charge in [0, 0.05) is 37.6 Å². The highest BCUT2D eigenvalue weighted by Crippen LogP contribution is 2.19. The minimum absolute atomic E-state index is 0.0398. The average Bonchev–Trinajstić information content (AvgIpc) is 3.15. The lowest BCUT2D eigenvalue weighted by molar-refractivity contribution is -0.130. The Bertz CT molecular complexity index is 1160. The molecule has 2 amide bonds. The van der Waals surface area contributed by atoms with Crippen LogP contribution in [-0.2, 0) is 16.0 Å². The molecule has 9 nitrogen and oxygen atoms in total. The number of ether oxygens (including phenoxy) is 1. The first-order chi connectivity index (χ1) is 14.8. The van der Waals surface area contributed by atoms with E-state index in [1.807, 2.05) is 13.8 Å². The SMILES string of the molecule is Cc1nc2c(C#N)cnn2c(C)c1CCC(=O)Nc1ccc(OCC(=O)N(C)C)cc1. The number of hydrogen-bond acceptors (Lipinski definition) is 6. The van der Waals surface area contributed by atoms with Crippen LogP contribution in [0.1, 0.15) is 28.9 Å². The summed E-state index contributed by atoms with van der Waals surface area (Å²) in [4.78, 5) is 29.9. The van der Waals surface area contributed by atoms with Crippen molar-refractivity contribution < 1.29 is 14.3 Å². The van der Waals surface area contributed by atoms with E-state index in [4.69, 9.17) is 10.00 Å². The summed E-state index contributed by atoms with van der Waals surface area (Å²) >= 11 is 0. The summed E-state index contributed by atoms with van der Waals surface area (Å²) in [5.41, 5.74) is 4.18. The number of aryl methyl sites for hydroxylation is 2. The molecule has 0 aliphatic carbocycles. The van der Waals surface area contributed by atoms with Crippen LogP contribution in [0.3, 0.4) is 0 Å². The van der Waals surface area contributed by atoms with Crippen LogP contribution in [0.2, 0.25) is 0 Å². The Morgan fingerprint density at radius 3 is 2.58 bits per heavy atom. The molecule has 9 heteroatoms. The summed E-state index contributed by atoms with van der Waals surface area (Å²) in [5.74, 6) is 0.290. The lowest BCUT2D eigenvalue weighted by Gasteiger charge is -2.12. The van der Waals surface area contributed by atoms with Gasteiger partial charge in [0.25, 0.3) is 5.91 Å². The summed E-state index contributed by atoms with van der Waals surface area (Å²) in [7, 11) is 3.33. The van der Waals surface area contributed by atoms with Crippen LogP contribution in [0.15, 0.2) is 30.5 Å². The highest BCUT2D eigenvalue weighted by atomic mass is 16.5. The Labute approximate surface area is 180 Å². The van der Waals surface area contributed by atoms with Crippen LogP contribution < -0.4 is 10.1 Å². The minimum Gasteiger partial charge on any atom is -0.484 e. The van der Waals surface area contributed by atoms with Crippen LogP contribution >= 0.6 is 0 Å². The zero-order valence-electron chi connectivity index (χ0n) is 18.0. The van der Waals surface area contributed by atoms with Crippen molar-refractivity contribution in [3.05, 3.63) is 53.0 Å². The van der Waals surface area contributed by atoms with Crippen molar-refractivity contribution in [2.45, 2.75) is 26.7 Å². The van der Waals surface area contributed by atoms with E-state index in [0.717, 1.165) is 17.0 Å². The van der Waals surface area contributed by atoms with Crippen molar-refractivity contribution in [2.75, 3.05) is 26.0 Å². The Kier molecular flexibility index (Phi) is 6.50. The van der Waals surface area contributed by atoms with Crippen LogP contribution in [0.4, 0.5) is 5.69 Å². The molecule has 1 aromatic carbocycles. The number of carbonyl (C=O) groups is 2. The molecule has 3 aromatic rings. The number of nitrogens with zero attached hydrogens (tertiary/aromatic N) is 5.